The van der Waals surface area contributed by atoms with E-state index in [1.165, 1.54) is 31.3 Å². The van der Waals surface area contributed by atoms with Crippen molar-refractivity contribution in [2.75, 3.05) is 12.4 Å². The fourth-order valence-electron chi connectivity index (χ4n) is 3.36. The van der Waals surface area contributed by atoms with Gasteiger partial charge >= 0.3 is 5.97 Å². The Kier molecular flexibility index (Phi) is 6.08. The number of esters is 1. The summed E-state index contributed by atoms with van der Waals surface area (Å²) in [6, 6.07) is 16.5. The van der Waals surface area contributed by atoms with Gasteiger partial charge in [0.15, 0.2) is 12.5 Å². The maximum absolute atomic E-state index is 13.1. The number of nitro benzene ring substituents is 1. The van der Waals surface area contributed by atoms with Crippen LogP contribution in [0.3, 0.4) is 0 Å². The van der Waals surface area contributed by atoms with Crippen LogP contribution in [0.15, 0.2) is 71.5 Å². The highest BCUT2D eigenvalue weighted by Gasteiger charge is 2.22. The smallest absolute Gasteiger partial charge is 0.340 e. The third-order valence-corrected chi connectivity index (χ3v) is 5.06. The van der Waals surface area contributed by atoms with Crippen molar-refractivity contribution < 1.29 is 19.2 Å². The van der Waals surface area contributed by atoms with Crippen molar-refractivity contribution in [2.24, 2.45) is 0 Å². The summed E-state index contributed by atoms with van der Waals surface area (Å²) in [6.07, 6.45) is 0. The van der Waals surface area contributed by atoms with E-state index in [-0.39, 0.29) is 28.1 Å². The summed E-state index contributed by atoms with van der Waals surface area (Å²) in [5.41, 5.74) is -0.143. The van der Waals surface area contributed by atoms with Crippen molar-refractivity contribution in [1.82, 2.24) is 15.0 Å². The standard InChI is InChI=1S/C23H17N5O6/c1-24-19-11-10-14(12-20(19)28(32)33)21(29)15-6-2-3-7-16(15)23(31)34-13-27-22(30)17-8-4-5-9-18(17)25-26-27/h2-12,24H,13H2,1H3. The molecule has 1 N–H and O–H groups in total. The summed E-state index contributed by atoms with van der Waals surface area (Å²) in [5, 5.41) is 22.0. The Morgan fingerprint density at radius 2 is 1.76 bits per heavy atom. The molecule has 170 valence electrons. The molecule has 0 aliphatic heterocycles. The van der Waals surface area contributed by atoms with E-state index in [9.17, 15) is 24.5 Å². The van der Waals surface area contributed by atoms with E-state index in [0.29, 0.717) is 10.9 Å². The van der Waals surface area contributed by atoms with Gasteiger partial charge in [0, 0.05) is 24.2 Å². The maximum Gasteiger partial charge on any atom is 0.340 e. The Morgan fingerprint density at radius 3 is 2.50 bits per heavy atom. The Bertz CT molecular complexity index is 1500. The van der Waals surface area contributed by atoms with Gasteiger partial charge in [0.2, 0.25) is 0 Å². The summed E-state index contributed by atoms with van der Waals surface area (Å²) in [6.45, 7) is -0.514. The molecule has 0 fully saturated rings. The van der Waals surface area contributed by atoms with Crippen LogP contribution in [-0.4, -0.2) is 38.7 Å². The van der Waals surface area contributed by atoms with Gasteiger partial charge in [0.25, 0.3) is 11.2 Å². The molecule has 4 rings (SSSR count). The van der Waals surface area contributed by atoms with Crippen molar-refractivity contribution in [3.63, 3.8) is 0 Å². The zero-order valence-corrected chi connectivity index (χ0v) is 17.8. The minimum atomic E-state index is -0.868. The predicted molar refractivity (Wildman–Crippen MR) is 122 cm³/mol. The number of carbonyl (C=O) groups excluding carboxylic acids is 2. The number of fused-ring (bicyclic) bond motifs is 1. The Balaban J connectivity index is 1.60. The number of ketones is 1. The van der Waals surface area contributed by atoms with E-state index in [1.54, 1.807) is 36.4 Å². The van der Waals surface area contributed by atoms with E-state index in [0.717, 1.165) is 10.7 Å². The number of benzene rings is 3. The van der Waals surface area contributed by atoms with Gasteiger partial charge in [-0.05, 0) is 30.3 Å². The van der Waals surface area contributed by atoms with Crippen molar-refractivity contribution in [1.29, 1.82) is 0 Å². The molecule has 0 aliphatic carbocycles. The van der Waals surface area contributed by atoms with Gasteiger partial charge in [-0.3, -0.25) is 19.7 Å². The van der Waals surface area contributed by atoms with Crippen LogP contribution in [0.25, 0.3) is 10.9 Å². The first kappa shape index (κ1) is 22.3. The first-order chi connectivity index (χ1) is 16.4. The molecule has 34 heavy (non-hydrogen) atoms. The molecule has 1 aromatic heterocycles. The maximum atomic E-state index is 13.1. The highest BCUT2D eigenvalue weighted by Crippen LogP contribution is 2.27. The quantitative estimate of drug-likeness (QED) is 0.191. The van der Waals surface area contributed by atoms with Gasteiger partial charge in [0.1, 0.15) is 11.2 Å². The molecule has 3 aromatic carbocycles. The van der Waals surface area contributed by atoms with Crippen molar-refractivity contribution in [2.45, 2.75) is 6.73 Å². The lowest BCUT2D eigenvalue weighted by Gasteiger charge is -2.10. The third kappa shape index (κ3) is 4.21. The van der Waals surface area contributed by atoms with Crippen LogP contribution < -0.4 is 10.9 Å². The van der Waals surface area contributed by atoms with Crippen LogP contribution in [0.1, 0.15) is 26.3 Å². The number of hydrogen-bond donors (Lipinski definition) is 1. The van der Waals surface area contributed by atoms with E-state index in [1.807, 2.05) is 0 Å². The first-order valence-electron chi connectivity index (χ1n) is 10.0. The van der Waals surface area contributed by atoms with E-state index >= 15 is 0 Å². The van der Waals surface area contributed by atoms with Crippen molar-refractivity contribution in [3.05, 3.63) is 104 Å². The van der Waals surface area contributed by atoms with Gasteiger partial charge < -0.3 is 10.1 Å². The summed E-state index contributed by atoms with van der Waals surface area (Å²) in [5.74, 6) is -1.46. The molecule has 0 bridgehead atoms. The van der Waals surface area contributed by atoms with Gasteiger partial charge in [-0.25, -0.2) is 4.79 Å². The van der Waals surface area contributed by atoms with Crippen LogP contribution in [0.4, 0.5) is 11.4 Å². The lowest BCUT2D eigenvalue weighted by Crippen LogP contribution is -2.27. The SMILES string of the molecule is CNc1ccc(C(=O)c2ccccc2C(=O)OCn2nnc3ccccc3c2=O)cc1[N+](=O)[O-]. The summed E-state index contributed by atoms with van der Waals surface area (Å²) >= 11 is 0. The molecule has 0 unspecified atom stereocenters. The van der Waals surface area contributed by atoms with Crippen molar-refractivity contribution in [3.8, 4) is 0 Å². The molecule has 0 atom stereocenters. The summed E-state index contributed by atoms with van der Waals surface area (Å²) in [7, 11) is 1.53. The number of rotatable bonds is 7. The molecule has 11 heteroatoms. The lowest BCUT2D eigenvalue weighted by molar-refractivity contribution is -0.384. The highest BCUT2D eigenvalue weighted by atomic mass is 16.6. The fraction of sp³-hybridized carbons (Fsp3) is 0.0870. The first-order valence-corrected chi connectivity index (χ1v) is 10.0. The molecule has 0 radical (unpaired) electrons. The summed E-state index contributed by atoms with van der Waals surface area (Å²) < 4.78 is 6.11. The topological polar surface area (TPSA) is 146 Å². The number of ether oxygens (including phenoxy) is 1. The number of nitrogens with one attached hydrogen (secondary N) is 1. The number of aromatic nitrogens is 3. The molecule has 0 aliphatic rings. The largest absolute Gasteiger partial charge is 0.439 e. The lowest BCUT2D eigenvalue weighted by atomic mass is 9.97. The molecule has 0 amide bonds. The second kappa shape index (κ2) is 9.28. The van der Waals surface area contributed by atoms with Crippen molar-refractivity contribution >= 4 is 34.0 Å². The van der Waals surface area contributed by atoms with Crippen LogP contribution >= 0.6 is 0 Å². The number of carbonyl (C=O) groups is 2. The molecule has 0 spiro atoms. The normalized spacial score (nSPS) is 10.6. The molecular formula is C23H17N5O6. The van der Waals surface area contributed by atoms with Crippen LogP contribution in [0, 0.1) is 10.1 Å². The zero-order chi connectivity index (χ0) is 24.2. The number of nitrogens with zero attached hydrogens (tertiary/aromatic N) is 4. The average Bonchev–Trinajstić information content (AvgIpc) is 2.87. The molecule has 0 saturated carbocycles. The number of anilines is 1. The molecule has 11 nitrogen and oxygen atoms in total. The Morgan fingerprint density at radius 1 is 1.06 bits per heavy atom. The Hall–Kier alpha value is -4.93. The number of hydrogen-bond acceptors (Lipinski definition) is 9. The van der Waals surface area contributed by atoms with E-state index in [2.05, 4.69) is 15.6 Å². The monoisotopic (exact) mass is 459 g/mol. The Labute approximate surface area is 191 Å². The minimum absolute atomic E-state index is 0.00375. The predicted octanol–water partition coefficient (Wildman–Crippen LogP) is 2.79. The van der Waals surface area contributed by atoms with Gasteiger partial charge in [-0.1, -0.05) is 35.5 Å². The van der Waals surface area contributed by atoms with Gasteiger partial charge in [-0.2, -0.15) is 4.68 Å². The van der Waals surface area contributed by atoms with E-state index < -0.39 is 29.0 Å². The van der Waals surface area contributed by atoms with Crippen LogP contribution in [-0.2, 0) is 11.5 Å². The van der Waals surface area contributed by atoms with Gasteiger partial charge in [0.05, 0.1) is 15.9 Å². The number of nitro groups is 1. The molecular weight excluding hydrogens is 442 g/mol. The average molecular weight is 459 g/mol. The molecule has 4 aromatic rings. The van der Waals surface area contributed by atoms with Crippen LogP contribution in [0.2, 0.25) is 0 Å². The minimum Gasteiger partial charge on any atom is -0.439 e. The van der Waals surface area contributed by atoms with Gasteiger partial charge in [-0.15, -0.1) is 5.10 Å². The molecule has 1 heterocycles. The van der Waals surface area contributed by atoms with E-state index in [4.69, 9.17) is 4.74 Å². The van der Waals surface area contributed by atoms with Crippen LogP contribution in [0.5, 0.6) is 0 Å². The second-order valence-electron chi connectivity index (χ2n) is 7.09. The summed E-state index contributed by atoms with van der Waals surface area (Å²) in [4.78, 5) is 49.1. The molecule has 0 saturated heterocycles. The third-order valence-electron chi connectivity index (χ3n) is 5.06. The fourth-order valence-corrected chi connectivity index (χ4v) is 3.36. The zero-order valence-electron chi connectivity index (χ0n) is 17.8. The highest BCUT2D eigenvalue weighted by molar-refractivity contribution is 6.14. The second-order valence-corrected chi connectivity index (χ2v) is 7.09.